The molecule has 0 saturated carbocycles. The van der Waals surface area contributed by atoms with Crippen molar-refractivity contribution in [2.24, 2.45) is 0 Å². The van der Waals surface area contributed by atoms with Crippen LogP contribution in [0.3, 0.4) is 0 Å². The van der Waals surface area contributed by atoms with Gasteiger partial charge in [0.15, 0.2) is 0 Å². The van der Waals surface area contributed by atoms with Crippen LogP contribution in [0.5, 0.6) is 0 Å². The largest absolute Gasteiger partial charge is 0.399 e. The lowest BCUT2D eigenvalue weighted by atomic mass is 10.1. The van der Waals surface area contributed by atoms with E-state index in [0.29, 0.717) is 11.3 Å². The third-order valence-electron chi connectivity index (χ3n) is 2.91. The Morgan fingerprint density at radius 1 is 1.21 bits per heavy atom. The van der Waals surface area contributed by atoms with Gasteiger partial charge in [0.2, 0.25) is 0 Å². The lowest BCUT2D eigenvalue weighted by Crippen LogP contribution is -2.26. The summed E-state index contributed by atoms with van der Waals surface area (Å²) in [6.45, 7) is 1.96. The number of amides is 1. The van der Waals surface area contributed by atoms with E-state index in [1.807, 2.05) is 37.3 Å². The highest BCUT2D eigenvalue weighted by atomic mass is 79.9. The van der Waals surface area contributed by atoms with Crippen LogP contribution in [0, 0.1) is 6.92 Å². The molecule has 0 bridgehead atoms. The molecule has 2 aromatic rings. The molecule has 0 aliphatic heterocycles. The molecule has 0 saturated heterocycles. The van der Waals surface area contributed by atoms with E-state index in [0.717, 1.165) is 15.7 Å². The summed E-state index contributed by atoms with van der Waals surface area (Å²) in [6, 6.07) is 13.0. The van der Waals surface area contributed by atoms with E-state index >= 15 is 0 Å². The standard InChI is InChI=1S/C15H15BrN2O/c1-10-6-7-14(16)13(8-10)15(19)18(2)12-5-3-4-11(17)9-12/h3-9H,17H2,1-2H3. The molecule has 0 radical (unpaired) electrons. The van der Waals surface area contributed by atoms with Crippen molar-refractivity contribution in [3.8, 4) is 0 Å². The van der Waals surface area contributed by atoms with Crippen LogP contribution in [-0.2, 0) is 0 Å². The number of benzene rings is 2. The van der Waals surface area contributed by atoms with Gasteiger partial charge in [-0.3, -0.25) is 4.79 Å². The van der Waals surface area contributed by atoms with Crippen LogP contribution >= 0.6 is 15.9 Å². The van der Waals surface area contributed by atoms with E-state index in [-0.39, 0.29) is 5.91 Å². The molecule has 2 aromatic carbocycles. The maximum Gasteiger partial charge on any atom is 0.259 e. The minimum Gasteiger partial charge on any atom is -0.399 e. The molecular weight excluding hydrogens is 304 g/mol. The second kappa shape index (κ2) is 5.45. The molecule has 4 heteroatoms. The van der Waals surface area contributed by atoms with Gasteiger partial charge < -0.3 is 10.6 Å². The van der Waals surface area contributed by atoms with Crippen molar-refractivity contribution in [3.63, 3.8) is 0 Å². The molecule has 0 aliphatic carbocycles. The van der Waals surface area contributed by atoms with Crippen molar-refractivity contribution in [1.82, 2.24) is 0 Å². The Morgan fingerprint density at radius 3 is 2.63 bits per heavy atom. The first kappa shape index (κ1) is 13.6. The van der Waals surface area contributed by atoms with Crippen molar-refractivity contribution >= 4 is 33.2 Å². The highest BCUT2D eigenvalue weighted by Crippen LogP contribution is 2.23. The Balaban J connectivity index is 2.36. The molecule has 0 heterocycles. The number of carbonyl (C=O) groups is 1. The van der Waals surface area contributed by atoms with E-state index < -0.39 is 0 Å². The van der Waals surface area contributed by atoms with Crippen LogP contribution in [0.4, 0.5) is 11.4 Å². The average molecular weight is 319 g/mol. The Hall–Kier alpha value is -1.81. The molecule has 0 unspecified atom stereocenters. The average Bonchev–Trinajstić information content (AvgIpc) is 2.40. The molecule has 0 aliphatic rings. The Morgan fingerprint density at radius 2 is 1.95 bits per heavy atom. The molecule has 0 fully saturated rings. The molecule has 0 aromatic heterocycles. The van der Waals surface area contributed by atoms with Crippen LogP contribution in [0.15, 0.2) is 46.9 Å². The van der Waals surface area contributed by atoms with Crippen LogP contribution in [0.1, 0.15) is 15.9 Å². The summed E-state index contributed by atoms with van der Waals surface area (Å²) in [7, 11) is 1.74. The van der Waals surface area contributed by atoms with E-state index in [4.69, 9.17) is 5.73 Å². The number of aryl methyl sites for hydroxylation is 1. The van der Waals surface area contributed by atoms with E-state index in [9.17, 15) is 4.79 Å². The highest BCUT2D eigenvalue weighted by Gasteiger charge is 2.16. The van der Waals surface area contributed by atoms with Gasteiger partial charge in [0.05, 0.1) is 5.56 Å². The van der Waals surface area contributed by atoms with Gasteiger partial charge in [-0.1, -0.05) is 17.7 Å². The number of anilines is 2. The van der Waals surface area contributed by atoms with Gasteiger partial charge in [-0.05, 0) is 53.2 Å². The molecule has 98 valence electrons. The summed E-state index contributed by atoms with van der Waals surface area (Å²) in [5, 5.41) is 0. The molecule has 2 rings (SSSR count). The van der Waals surface area contributed by atoms with E-state index in [2.05, 4.69) is 15.9 Å². The third-order valence-corrected chi connectivity index (χ3v) is 3.61. The Labute approximate surface area is 121 Å². The van der Waals surface area contributed by atoms with Crippen molar-refractivity contribution in [2.75, 3.05) is 17.7 Å². The fraction of sp³-hybridized carbons (Fsp3) is 0.133. The van der Waals surface area contributed by atoms with Gasteiger partial charge in [0.1, 0.15) is 0 Å². The van der Waals surface area contributed by atoms with Gasteiger partial charge in [-0.2, -0.15) is 0 Å². The van der Waals surface area contributed by atoms with Crippen molar-refractivity contribution in [1.29, 1.82) is 0 Å². The molecule has 3 nitrogen and oxygen atoms in total. The number of nitrogens with two attached hydrogens (primary N) is 1. The van der Waals surface area contributed by atoms with Crippen molar-refractivity contribution in [2.45, 2.75) is 6.92 Å². The molecule has 0 atom stereocenters. The normalized spacial score (nSPS) is 10.3. The quantitative estimate of drug-likeness (QED) is 0.860. The van der Waals surface area contributed by atoms with Crippen molar-refractivity contribution in [3.05, 3.63) is 58.1 Å². The van der Waals surface area contributed by atoms with Crippen LogP contribution in [-0.4, -0.2) is 13.0 Å². The summed E-state index contributed by atoms with van der Waals surface area (Å²) in [5.41, 5.74) is 8.85. The molecule has 19 heavy (non-hydrogen) atoms. The second-order valence-electron chi connectivity index (χ2n) is 4.44. The van der Waals surface area contributed by atoms with Gasteiger partial charge in [-0.15, -0.1) is 0 Å². The van der Waals surface area contributed by atoms with Crippen LogP contribution < -0.4 is 10.6 Å². The molecule has 0 spiro atoms. The van der Waals surface area contributed by atoms with Crippen molar-refractivity contribution < 1.29 is 4.79 Å². The Bertz CT molecular complexity index is 625. The van der Waals surface area contributed by atoms with Gasteiger partial charge in [-0.25, -0.2) is 0 Å². The molecular formula is C15H15BrN2O. The fourth-order valence-corrected chi connectivity index (χ4v) is 2.25. The number of carbonyl (C=O) groups excluding carboxylic acids is 1. The zero-order valence-electron chi connectivity index (χ0n) is 10.9. The zero-order valence-corrected chi connectivity index (χ0v) is 12.4. The number of hydrogen-bond donors (Lipinski definition) is 1. The first-order chi connectivity index (χ1) is 8.99. The Kier molecular flexibility index (Phi) is 3.90. The summed E-state index contributed by atoms with van der Waals surface area (Å²) in [5.74, 6) is -0.0684. The fourth-order valence-electron chi connectivity index (χ4n) is 1.83. The number of nitrogen functional groups attached to an aromatic ring is 1. The topological polar surface area (TPSA) is 46.3 Å². The summed E-state index contributed by atoms with van der Waals surface area (Å²) in [4.78, 5) is 14.1. The lowest BCUT2D eigenvalue weighted by Gasteiger charge is -2.18. The highest BCUT2D eigenvalue weighted by molar-refractivity contribution is 9.10. The smallest absolute Gasteiger partial charge is 0.259 e. The molecule has 2 N–H and O–H groups in total. The van der Waals surface area contributed by atoms with E-state index in [1.54, 1.807) is 24.1 Å². The maximum atomic E-state index is 12.5. The minimum atomic E-state index is -0.0684. The number of hydrogen-bond acceptors (Lipinski definition) is 2. The monoisotopic (exact) mass is 318 g/mol. The van der Waals surface area contributed by atoms with E-state index in [1.165, 1.54) is 0 Å². The van der Waals surface area contributed by atoms with Gasteiger partial charge in [0.25, 0.3) is 5.91 Å². The maximum absolute atomic E-state index is 12.5. The van der Waals surface area contributed by atoms with Crippen LogP contribution in [0.25, 0.3) is 0 Å². The zero-order chi connectivity index (χ0) is 14.0. The van der Waals surface area contributed by atoms with Gasteiger partial charge >= 0.3 is 0 Å². The lowest BCUT2D eigenvalue weighted by molar-refractivity contribution is 0.0992. The molecule has 1 amide bonds. The first-order valence-electron chi connectivity index (χ1n) is 5.89. The first-order valence-corrected chi connectivity index (χ1v) is 6.68. The predicted molar refractivity (Wildman–Crippen MR) is 82.5 cm³/mol. The SMILES string of the molecule is Cc1ccc(Br)c(C(=O)N(C)c2cccc(N)c2)c1. The number of rotatable bonds is 2. The summed E-state index contributed by atoms with van der Waals surface area (Å²) in [6.07, 6.45) is 0. The predicted octanol–water partition coefficient (Wildman–Crippen LogP) is 3.62. The number of halogens is 1. The summed E-state index contributed by atoms with van der Waals surface area (Å²) < 4.78 is 0.791. The number of nitrogens with zero attached hydrogens (tertiary/aromatic N) is 1. The minimum absolute atomic E-state index is 0.0684. The summed E-state index contributed by atoms with van der Waals surface area (Å²) >= 11 is 3.41. The van der Waals surface area contributed by atoms with Crippen LogP contribution in [0.2, 0.25) is 0 Å². The third kappa shape index (κ3) is 2.96. The second-order valence-corrected chi connectivity index (χ2v) is 5.30. The van der Waals surface area contributed by atoms with Gasteiger partial charge in [0, 0.05) is 22.9 Å².